The molecule has 102 valence electrons. The van der Waals surface area contributed by atoms with Crippen molar-refractivity contribution in [3.63, 3.8) is 0 Å². The Balaban J connectivity index is 2.27. The number of benzene rings is 1. The molecular formula is C16H20O3. The maximum atomic E-state index is 11.2. The van der Waals surface area contributed by atoms with Gasteiger partial charge in [0.15, 0.2) is 0 Å². The summed E-state index contributed by atoms with van der Waals surface area (Å²) < 4.78 is 0. The number of carbonyl (C=O) groups is 1. The van der Waals surface area contributed by atoms with Gasteiger partial charge in [0.25, 0.3) is 0 Å². The number of aromatic hydroxyl groups is 1. The van der Waals surface area contributed by atoms with Crippen LogP contribution in [-0.2, 0) is 4.79 Å². The van der Waals surface area contributed by atoms with Crippen molar-refractivity contribution in [2.24, 2.45) is 11.8 Å². The van der Waals surface area contributed by atoms with E-state index < -0.39 is 5.97 Å². The largest absolute Gasteiger partial charge is 0.508 e. The Morgan fingerprint density at radius 3 is 2.42 bits per heavy atom. The lowest BCUT2D eigenvalue weighted by Gasteiger charge is -2.35. The van der Waals surface area contributed by atoms with Crippen molar-refractivity contribution in [1.82, 2.24) is 0 Å². The summed E-state index contributed by atoms with van der Waals surface area (Å²) in [6, 6.07) is 7.10. The second kappa shape index (κ2) is 5.47. The summed E-state index contributed by atoms with van der Waals surface area (Å²) in [6.07, 6.45) is 2.25. The van der Waals surface area contributed by atoms with Gasteiger partial charge in [-0.25, -0.2) is 0 Å². The molecular weight excluding hydrogens is 240 g/mol. The average Bonchev–Trinajstić information content (AvgIpc) is 2.38. The Hall–Kier alpha value is -1.77. The molecule has 1 aromatic carbocycles. The molecule has 0 amide bonds. The van der Waals surface area contributed by atoms with E-state index in [9.17, 15) is 15.0 Å². The van der Waals surface area contributed by atoms with Gasteiger partial charge in [-0.1, -0.05) is 24.3 Å². The second-order valence-electron chi connectivity index (χ2n) is 5.50. The molecule has 0 saturated heterocycles. The summed E-state index contributed by atoms with van der Waals surface area (Å²) in [5.41, 5.74) is 2.21. The highest BCUT2D eigenvalue weighted by Gasteiger charge is 2.34. The summed E-state index contributed by atoms with van der Waals surface area (Å²) in [4.78, 5) is 11.2. The average molecular weight is 260 g/mol. The highest BCUT2D eigenvalue weighted by molar-refractivity contribution is 5.70. The number of allylic oxidation sites excluding steroid dienone is 1. The number of phenolic OH excluding ortho intramolecular Hbond substituents is 1. The third-order valence-corrected chi connectivity index (χ3v) is 4.15. The molecule has 0 aliphatic heterocycles. The van der Waals surface area contributed by atoms with E-state index in [4.69, 9.17) is 0 Å². The molecule has 2 N–H and O–H groups in total. The molecule has 1 aromatic rings. The molecule has 0 radical (unpaired) electrons. The van der Waals surface area contributed by atoms with Crippen LogP contribution < -0.4 is 0 Å². The Kier molecular flexibility index (Phi) is 3.93. The van der Waals surface area contributed by atoms with E-state index in [1.807, 2.05) is 19.1 Å². The van der Waals surface area contributed by atoms with Crippen molar-refractivity contribution in [3.05, 3.63) is 42.0 Å². The first-order valence-corrected chi connectivity index (χ1v) is 6.66. The third-order valence-electron chi connectivity index (χ3n) is 4.15. The minimum Gasteiger partial charge on any atom is -0.508 e. The molecule has 1 saturated carbocycles. The lowest BCUT2D eigenvalue weighted by atomic mass is 9.69. The molecule has 3 atom stereocenters. The second-order valence-corrected chi connectivity index (χ2v) is 5.50. The first-order valence-electron chi connectivity index (χ1n) is 6.66. The molecule has 0 bridgehead atoms. The van der Waals surface area contributed by atoms with Gasteiger partial charge in [0.1, 0.15) is 5.75 Å². The van der Waals surface area contributed by atoms with Gasteiger partial charge in [-0.2, -0.15) is 0 Å². The van der Waals surface area contributed by atoms with Crippen LogP contribution in [0.1, 0.15) is 37.7 Å². The molecule has 1 aliphatic carbocycles. The van der Waals surface area contributed by atoms with Crippen LogP contribution >= 0.6 is 0 Å². The normalized spacial score (nSPS) is 26.9. The van der Waals surface area contributed by atoms with Crippen LogP contribution in [0.2, 0.25) is 0 Å². The van der Waals surface area contributed by atoms with Gasteiger partial charge in [-0.05, 0) is 55.7 Å². The topological polar surface area (TPSA) is 57.5 Å². The van der Waals surface area contributed by atoms with Gasteiger partial charge in [0.2, 0.25) is 0 Å². The first kappa shape index (κ1) is 13.7. The minimum absolute atomic E-state index is 0.188. The lowest BCUT2D eigenvalue weighted by molar-refractivity contribution is -0.143. The number of carboxylic acid groups (broad SMARTS) is 1. The van der Waals surface area contributed by atoms with Crippen molar-refractivity contribution < 1.29 is 15.0 Å². The lowest BCUT2D eigenvalue weighted by Crippen LogP contribution is -2.28. The molecule has 3 heteroatoms. The number of phenols is 1. The zero-order valence-corrected chi connectivity index (χ0v) is 11.2. The molecule has 0 unspecified atom stereocenters. The third kappa shape index (κ3) is 2.98. The number of carboxylic acids is 1. The fourth-order valence-electron chi connectivity index (χ4n) is 3.07. The SMILES string of the molecule is C=C(C)[C@@H]1CC[C@@H](C(=O)O)C[C@H]1c1ccc(O)cc1. The minimum atomic E-state index is -0.705. The van der Waals surface area contributed by atoms with Gasteiger partial charge in [-0.3, -0.25) is 4.79 Å². The Morgan fingerprint density at radius 2 is 1.89 bits per heavy atom. The van der Waals surface area contributed by atoms with Gasteiger partial charge < -0.3 is 10.2 Å². The van der Waals surface area contributed by atoms with Crippen LogP contribution in [0, 0.1) is 11.8 Å². The summed E-state index contributed by atoms with van der Waals surface area (Å²) in [7, 11) is 0. The smallest absolute Gasteiger partial charge is 0.306 e. The molecule has 0 heterocycles. The predicted molar refractivity (Wildman–Crippen MR) is 74.1 cm³/mol. The van der Waals surface area contributed by atoms with Crippen LogP contribution in [0.4, 0.5) is 0 Å². The van der Waals surface area contributed by atoms with Crippen LogP contribution in [0.5, 0.6) is 5.75 Å². The monoisotopic (exact) mass is 260 g/mol. The highest BCUT2D eigenvalue weighted by atomic mass is 16.4. The standard InChI is InChI=1S/C16H20O3/c1-10(2)14-8-5-12(16(18)19)9-15(14)11-3-6-13(17)7-4-11/h3-4,6-7,12,14-15,17H,1,5,8-9H2,2H3,(H,18,19)/t12-,14+,15+/m1/s1. The van der Waals surface area contributed by atoms with Crippen molar-refractivity contribution in [3.8, 4) is 5.75 Å². The van der Waals surface area contributed by atoms with Crippen molar-refractivity contribution in [1.29, 1.82) is 0 Å². The Labute approximate surface area is 113 Å². The molecule has 1 aliphatic rings. The van der Waals surface area contributed by atoms with E-state index in [2.05, 4.69) is 6.58 Å². The van der Waals surface area contributed by atoms with Crippen molar-refractivity contribution in [2.45, 2.75) is 32.1 Å². The Bertz CT molecular complexity index is 475. The molecule has 1 fully saturated rings. The van der Waals surface area contributed by atoms with Crippen LogP contribution in [0.25, 0.3) is 0 Å². The van der Waals surface area contributed by atoms with Gasteiger partial charge in [0.05, 0.1) is 5.92 Å². The van der Waals surface area contributed by atoms with Crippen LogP contribution in [0.15, 0.2) is 36.4 Å². The molecule has 19 heavy (non-hydrogen) atoms. The molecule has 0 spiro atoms. The zero-order valence-electron chi connectivity index (χ0n) is 11.2. The van der Waals surface area contributed by atoms with Crippen molar-refractivity contribution in [2.75, 3.05) is 0 Å². The van der Waals surface area contributed by atoms with Crippen LogP contribution in [0.3, 0.4) is 0 Å². The maximum Gasteiger partial charge on any atom is 0.306 e. The van der Waals surface area contributed by atoms with E-state index in [0.717, 1.165) is 24.0 Å². The summed E-state index contributed by atoms with van der Waals surface area (Å²) in [6.45, 7) is 6.06. The number of hydrogen-bond acceptors (Lipinski definition) is 2. The first-order chi connectivity index (χ1) is 8.99. The van der Waals surface area contributed by atoms with E-state index in [-0.39, 0.29) is 17.6 Å². The van der Waals surface area contributed by atoms with Crippen molar-refractivity contribution >= 4 is 5.97 Å². The maximum absolute atomic E-state index is 11.2. The fourth-order valence-corrected chi connectivity index (χ4v) is 3.07. The summed E-state index contributed by atoms with van der Waals surface area (Å²) >= 11 is 0. The molecule has 3 nitrogen and oxygen atoms in total. The number of rotatable bonds is 3. The summed E-state index contributed by atoms with van der Waals surface area (Å²) in [5, 5.41) is 18.6. The van der Waals surface area contributed by atoms with E-state index in [0.29, 0.717) is 12.3 Å². The molecule has 2 rings (SSSR count). The quantitative estimate of drug-likeness (QED) is 0.817. The van der Waals surface area contributed by atoms with Gasteiger partial charge in [0, 0.05) is 0 Å². The van der Waals surface area contributed by atoms with E-state index in [1.54, 1.807) is 12.1 Å². The number of aliphatic carboxylic acids is 1. The van der Waals surface area contributed by atoms with E-state index in [1.165, 1.54) is 0 Å². The highest BCUT2D eigenvalue weighted by Crippen LogP contribution is 2.43. The van der Waals surface area contributed by atoms with E-state index >= 15 is 0 Å². The Morgan fingerprint density at radius 1 is 1.26 bits per heavy atom. The predicted octanol–water partition coefficient (Wildman–Crippen LogP) is 3.55. The zero-order chi connectivity index (χ0) is 14.0. The summed E-state index contributed by atoms with van der Waals surface area (Å²) in [5.74, 6) is -0.215. The van der Waals surface area contributed by atoms with Gasteiger partial charge >= 0.3 is 5.97 Å². The molecule has 0 aromatic heterocycles. The fraction of sp³-hybridized carbons (Fsp3) is 0.438. The van der Waals surface area contributed by atoms with Crippen LogP contribution in [-0.4, -0.2) is 16.2 Å². The number of hydrogen-bond donors (Lipinski definition) is 2. The van der Waals surface area contributed by atoms with Gasteiger partial charge in [-0.15, -0.1) is 0 Å².